The summed E-state index contributed by atoms with van der Waals surface area (Å²) in [4.78, 5) is 46.8. The van der Waals surface area contributed by atoms with Crippen molar-refractivity contribution < 1.29 is 19.1 Å². The maximum absolute atomic E-state index is 15.5. The molecule has 8 nitrogen and oxygen atoms in total. The Bertz CT molecular complexity index is 2000. The standard InChI is InChI=1S/C33H26ClFN4O4/c34-20-7-5-19(6-8-20)28-16-23(22-3-1-2-4-27(22)36-28)32(41)38-13-11-37(12-14-38)30-17-29-24(15-26(30)35)31(40)25(33(42)43)18-39(29)21-9-10-21/h1-8,15-18,21H,9-14H2,(H,42,43). The number of benzene rings is 3. The third-order valence-corrected chi connectivity index (χ3v) is 8.52. The molecular formula is C33H26ClFN4O4. The summed E-state index contributed by atoms with van der Waals surface area (Å²) in [5.41, 5.74) is 2.57. The number of hydrogen-bond acceptors (Lipinski definition) is 5. The van der Waals surface area contributed by atoms with Gasteiger partial charge in [0.05, 0.1) is 28.0 Å². The van der Waals surface area contributed by atoms with E-state index < -0.39 is 17.2 Å². The highest BCUT2D eigenvalue weighted by molar-refractivity contribution is 6.30. The van der Waals surface area contributed by atoms with E-state index in [1.165, 1.54) is 6.20 Å². The second-order valence-electron chi connectivity index (χ2n) is 11.0. The van der Waals surface area contributed by atoms with Crippen LogP contribution in [0.3, 0.4) is 0 Å². The van der Waals surface area contributed by atoms with Crippen LogP contribution in [0, 0.1) is 5.82 Å². The number of anilines is 1. The van der Waals surface area contributed by atoms with E-state index in [2.05, 4.69) is 0 Å². The number of halogens is 2. The van der Waals surface area contributed by atoms with E-state index in [0.29, 0.717) is 59.2 Å². The second kappa shape index (κ2) is 10.5. The van der Waals surface area contributed by atoms with Gasteiger partial charge in [0, 0.05) is 59.8 Å². The quantitative estimate of drug-likeness (QED) is 0.267. The average Bonchev–Trinajstić information content (AvgIpc) is 3.86. The summed E-state index contributed by atoms with van der Waals surface area (Å²) in [5, 5.41) is 10.9. The van der Waals surface area contributed by atoms with Crippen molar-refractivity contribution in [2.24, 2.45) is 0 Å². The van der Waals surface area contributed by atoms with Crippen LogP contribution < -0.4 is 10.3 Å². The minimum Gasteiger partial charge on any atom is -0.477 e. The topological polar surface area (TPSA) is 95.7 Å². The number of carboxylic acid groups (broad SMARTS) is 1. The SMILES string of the molecule is O=C(O)c1cn(C2CC2)c2cc(N3CCN(C(=O)c4cc(-c5ccc(Cl)cc5)nc5ccccc45)CC3)c(F)cc2c1=O. The highest BCUT2D eigenvalue weighted by atomic mass is 35.5. The molecule has 3 heterocycles. The molecule has 0 unspecified atom stereocenters. The number of carboxylic acids is 1. The molecule has 10 heteroatoms. The molecule has 43 heavy (non-hydrogen) atoms. The first-order valence-corrected chi connectivity index (χ1v) is 14.5. The zero-order valence-electron chi connectivity index (χ0n) is 23.0. The van der Waals surface area contributed by atoms with Crippen LogP contribution in [-0.2, 0) is 0 Å². The van der Waals surface area contributed by atoms with E-state index in [4.69, 9.17) is 16.6 Å². The van der Waals surface area contributed by atoms with Crippen molar-refractivity contribution in [2.45, 2.75) is 18.9 Å². The molecule has 1 amide bonds. The van der Waals surface area contributed by atoms with E-state index in [9.17, 15) is 19.5 Å². The van der Waals surface area contributed by atoms with E-state index >= 15 is 4.39 Å². The molecule has 216 valence electrons. The molecule has 1 saturated carbocycles. The van der Waals surface area contributed by atoms with Crippen LogP contribution in [0.25, 0.3) is 33.1 Å². The van der Waals surface area contributed by atoms with Crippen LogP contribution >= 0.6 is 11.6 Å². The molecule has 1 aliphatic carbocycles. The van der Waals surface area contributed by atoms with Crippen molar-refractivity contribution in [1.82, 2.24) is 14.5 Å². The van der Waals surface area contributed by atoms with Gasteiger partial charge in [-0.25, -0.2) is 14.2 Å². The summed E-state index contributed by atoms with van der Waals surface area (Å²) in [5.74, 6) is -2.05. The van der Waals surface area contributed by atoms with Crippen molar-refractivity contribution >= 4 is 51.0 Å². The Kier molecular flexibility index (Phi) is 6.62. The zero-order valence-corrected chi connectivity index (χ0v) is 23.7. The Morgan fingerprint density at radius 1 is 0.907 bits per heavy atom. The zero-order chi connectivity index (χ0) is 29.8. The Morgan fingerprint density at radius 3 is 2.33 bits per heavy atom. The summed E-state index contributed by atoms with van der Waals surface area (Å²) < 4.78 is 17.2. The number of amides is 1. The first-order valence-electron chi connectivity index (χ1n) is 14.1. The molecule has 0 bridgehead atoms. The summed E-state index contributed by atoms with van der Waals surface area (Å²) >= 11 is 6.08. The van der Waals surface area contributed by atoms with Crippen molar-refractivity contribution in [3.05, 3.63) is 105 Å². The molecule has 7 rings (SSSR count). The first kappa shape index (κ1) is 27.1. The maximum Gasteiger partial charge on any atom is 0.341 e. The predicted octanol–water partition coefficient (Wildman–Crippen LogP) is 6.00. The molecule has 0 spiro atoms. The molecule has 3 aromatic carbocycles. The van der Waals surface area contributed by atoms with Gasteiger partial charge in [-0.3, -0.25) is 9.59 Å². The predicted molar refractivity (Wildman–Crippen MR) is 164 cm³/mol. The monoisotopic (exact) mass is 596 g/mol. The lowest BCUT2D eigenvalue weighted by Crippen LogP contribution is -2.49. The van der Waals surface area contributed by atoms with Gasteiger partial charge < -0.3 is 19.5 Å². The molecule has 0 atom stereocenters. The maximum atomic E-state index is 15.5. The van der Waals surface area contributed by atoms with E-state index in [0.717, 1.165) is 29.9 Å². The van der Waals surface area contributed by atoms with Crippen LogP contribution in [-0.4, -0.2) is 57.6 Å². The average molecular weight is 597 g/mol. The molecule has 1 N–H and O–H groups in total. The van der Waals surface area contributed by atoms with Gasteiger partial charge in [-0.2, -0.15) is 0 Å². The number of rotatable bonds is 5. The smallest absolute Gasteiger partial charge is 0.341 e. The van der Waals surface area contributed by atoms with Crippen LogP contribution in [0.1, 0.15) is 39.6 Å². The molecule has 0 radical (unpaired) electrons. The van der Waals surface area contributed by atoms with Crippen molar-refractivity contribution in [1.29, 1.82) is 0 Å². The number of nitrogens with zero attached hydrogens (tertiary/aromatic N) is 4. The summed E-state index contributed by atoms with van der Waals surface area (Å²) in [6.07, 6.45) is 3.11. The molecule has 2 aliphatic rings. The number of aromatic carboxylic acids is 1. The van der Waals surface area contributed by atoms with Crippen LogP contribution in [0.5, 0.6) is 0 Å². The number of pyridine rings is 2. The largest absolute Gasteiger partial charge is 0.477 e. The number of fused-ring (bicyclic) bond motifs is 2. The molecule has 2 fully saturated rings. The van der Waals surface area contributed by atoms with Gasteiger partial charge in [0.25, 0.3) is 5.91 Å². The minimum atomic E-state index is -1.33. The van der Waals surface area contributed by atoms with Gasteiger partial charge in [-0.1, -0.05) is 41.9 Å². The summed E-state index contributed by atoms with van der Waals surface area (Å²) in [7, 11) is 0. The molecule has 2 aromatic heterocycles. The number of para-hydroxylation sites is 1. The Balaban J connectivity index is 1.18. The van der Waals surface area contributed by atoms with Crippen molar-refractivity contribution in [3.8, 4) is 11.3 Å². The van der Waals surface area contributed by atoms with E-state index in [-0.39, 0.29) is 22.9 Å². The van der Waals surface area contributed by atoms with Crippen LogP contribution in [0.15, 0.2) is 77.7 Å². The fourth-order valence-corrected chi connectivity index (χ4v) is 5.98. The van der Waals surface area contributed by atoms with Crippen molar-refractivity contribution in [2.75, 3.05) is 31.1 Å². The van der Waals surface area contributed by atoms with Gasteiger partial charge in [-0.15, -0.1) is 0 Å². The number of piperazine rings is 1. The highest BCUT2D eigenvalue weighted by Gasteiger charge is 2.29. The Hall–Kier alpha value is -4.76. The lowest BCUT2D eigenvalue weighted by molar-refractivity contribution is 0.0693. The first-order chi connectivity index (χ1) is 20.8. The lowest BCUT2D eigenvalue weighted by atomic mass is 10.0. The molecular weight excluding hydrogens is 571 g/mol. The fourth-order valence-electron chi connectivity index (χ4n) is 5.85. The van der Waals surface area contributed by atoms with Gasteiger partial charge >= 0.3 is 5.97 Å². The molecule has 5 aromatic rings. The number of carbonyl (C=O) groups is 2. The third-order valence-electron chi connectivity index (χ3n) is 8.27. The second-order valence-corrected chi connectivity index (χ2v) is 11.4. The van der Waals surface area contributed by atoms with Gasteiger partial charge in [0.15, 0.2) is 0 Å². The minimum absolute atomic E-state index is 0.0583. The Labute approximate surface area is 250 Å². The Morgan fingerprint density at radius 2 is 1.63 bits per heavy atom. The van der Waals surface area contributed by atoms with Gasteiger partial charge in [-0.05, 0) is 49.2 Å². The van der Waals surface area contributed by atoms with Crippen LogP contribution in [0.4, 0.5) is 10.1 Å². The molecule has 1 aliphatic heterocycles. The normalized spacial score (nSPS) is 15.3. The van der Waals surface area contributed by atoms with Gasteiger partial charge in [0.1, 0.15) is 11.4 Å². The highest BCUT2D eigenvalue weighted by Crippen LogP contribution is 2.38. The van der Waals surface area contributed by atoms with Crippen molar-refractivity contribution in [3.63, 3.8) is 0 Å². The van der Waals surface area contributed by atoms with E-state index in [1.54, 1.807) is 27.7 Å². The van der Waals surface area contributed by atoms with Crippen LogP contribution in [0.2, 0.25) is 5.02 Å². The van der Waals surface area contributed by atoms with Gasteiger partial charge in [0.2, 0.25) is 5.43 Å². The number of hydrogen-bond donors (Lipinski definition) is 1. The fraction of sp³-hybridized carbons (Fsp3) is 0.212. The third kappa shape index (κ3) is 4.89. The van der Waals surface area contributed by atoms with E-state index in [1.807, 2.05) is 47.4 Å². The number of aromatic nitrogens is 2. The molecule has 1 saturated heterocycles. The lowest BCUT2D eigenvalue weighted by Gasteiger charge is -2.36. The summed E-state index contributed by atoms with van der Waals surface area (Å²) in [6, 6.07) is 19.5. The number of carbonyl (C=O) groups excluding carboxylic acids is 1. The summed E-state index contributed by atoms with van der Waals surface area (Å²) in [6.45, 7) is 1.53.